The Morgan fingerprint density at radius 1 is 0.439 bits per heavy atom. The molecular formula is C35H30N6. The summed E-state index contributed by atoms with van der Waals surface area (Å²) >= 11 is 0. The van der Waals surface area contributed by atoms with E-state index in [1.807, 2.05) is 143 Å². The molecule has 6 nitrogen and oxygen atoms in total. The van der Waals surface area contributed by atoms with Gasteiger partial charge in [0.15, 0.2) is 0 Å². The first-order valence-corrected chi connectivity index (χ1v) is 13.2. The van der Waals surface area contributed by atoms with Gasteiger partial charge in [0.25, 0.3) is 0 Å². The molecule has 0 bridgehead atoms. The van der Waals surface area contributed by atoms with Gasteiger partial charge in [-0.25, -0.2) is 0 Å². The third-order valence-corrected chi connectivity index (χ3v) is 6.41. The van der Waals surface area contributed by atoms with Gasteiger partial charge >= 0.3 is 0 Å². The van der Waals surface area contributed by atoms with Crippen molar-refractivity contribution in [3.63, 3.8) is 0 Å². The van der Waals surface area contributed by atoms with E-state index in [9.17, 15) is 0 Å². The molecule has 1 heterocycles. The molecule has 0 saturated heterocycles. The van der Waals surface area contributed by atoms with Gasteiger partial charge in [0.05, 0.1) is 11.4 Å². The number of para-hydroxylation sites is 4. The van der Waals surface area contributed by atoms with Crippen LogP contribution < -0.4 is 15.5 Å². The highest BCUT2D eigenvalue weighted by molar-refractivity contribution is 6.53. The van der Waals surface area contributed by atoms with Crippen LogP contribution in [0.3, 0.4) is 0 Å². The fraction of sp³-hybridized carbons (Fsp3) is 0. The van der Waals surface area contributed by atoms with Crippen molar-refractivity contribution in [3.05, 3.63) is 169 Å². The number of nitrogens with two attached hydrogens (primary N) is 1. The number of nitrogens with zero attached hydrogens (tertiary/aromatic N) is 3. The number of hydrogen-bond donors (Lipinski definition) is 3. The van der Waals surface area contributed by atoms with Crippen molar-refractivity contribution in [2.24, 2.45) is 0 Å². The van der Waals surface area contributed by atoms with Crippen molar-refractivity contribution < 1.29 is 0 Å². The van der Waals surface area contributed by atoms with E-state index in [1.165, 1.54) is 0 Å². The molecule has 41 heavy (non-hydrogen) atoms. The summed E-state index contributed by atoms with van der Waals surface area (Å²) in [4.78, 5) is 7.82. The van der Waals surface area contributed by atoms with Gasteiger partial charge in [-0.1, -0.05) is 72.8 Å². The largest absolute Gasteiger partial charge is 0.399 e. The van der Waals surface area contributed by atoms with Crippen molar-refractivity contribution in [1.82, 2.24) is 4.98 Å². The smallest absolute Gasteiger partial charge is 0.105 e. The molecule has 1 aliphatic rings. The Hall–Kier alpha value is -5.75. The second-order valence-corrected chi connectivity index (χ2v) is 9.15. The van der Waals surface area contributed by atoms with Gasteiger partial charge in [-0.15, -0.1) is 0 Å². The summed E-state index contributed by atoms with van der Waals surface area (Å²) in [5, 5.41) is 18.1. The molecule has 0 unspecified atom stereocenters. The SMILES string of the molecule is N=C1C(=N)C(N(c2ccccc2)c2ccccc2)=CC=C1N(c1ccccc1)c1ccccc1.Nc1ccncc1. The maximum Gasteiger partial charge on any atom is 0.105 e. The Balaban J connectivity index is 0.000000423. The van der Waals surface area contributed by atoms with Crippen LogP contribution in [-0.2, 0) is 0 Å². The zero-order valence-electron chi connectivity index (χ0n) is 22.4. The van der Waals surface area contributed by atoms with E-state index in [2.05, 4.69) is 4.98 Å². The van der Waals surface area contributed by atoms with Crippen LogP contribution in [0.2, 0.25) is 0 Å². The average molecular weight is 535 g/mol. The minimum absolute atomic E-state index is 0.169. The highest BCUT2D eigenvalue weighted by Crippen LogP contribution is 2.35. The number of anilines is 5. The van der Waals surface area contributed by atoms with Crippen LogP contribution in [0.25, 0.3) is 0 Å². The summed E-state index contributed by atoms with van der Waals surface area (Å²) in [6.07, 6.45) is 7.20. The number of nitrogen functional groups attached to an aromatic ring is 1. The molecule has 0 amide bonds. The summed E-state index contributed by atoms with van der Waals surface area (Å²) in [6, 6.07) is 43.4. The third kappa shape index (κ3) is 6.29. The van der Waals surface area contributed by atoms with Crippen LogP contribution in [0.15, 0.2) is 169 Å². The van der Waals surface area contributed by atoms with Crippen LogP contribution >= 0.6 is 0 Å². The molecule has 6 rings (SSSR count). The van der Waals surface area contributed by atoms with Crippen molar-refractivity contribution in [2.45, 2.75) is 0 Å². The Morgan fingerprint density at radius 3 is 0.976 bits per heavy atom. The van der Waals surface area contributed by atoms with Gasteiger partial charge in [0.1, 0.15) is 11.4 Å². The molecule has 200 valence electrons. The van der Waals surface area contributed by atoms with Crippen molar-refractivity contribution in [1.29, 1.82) is 10.8 Å². The van der Waals surface area contributed by atoms with Crippen molar-refractivity contribution >= 4 is 39.9 Å². The number of nitrogens with one attached hydrogen (secondary N) is 2. The fourth-order valence-electron chi connectivity index (χ4n) is 4.48. The molecule has 0 radical (unpaired) electrons. The van der Waals surface area contributed by atoms with Crippen LogP contribution in [-0.4, -0.2) is 16.4 Å². The highest BCUT2D eigenvalue weighted by Gasteiger charge is 2.29. The summed E-state index contributed by atoms with van der Waals surface area (Å²) < 4.78 is 0. The average Bonchev–Trinajstić information content (AvgIpc) is 3.03. The van der Waals surface area contributed by atoms with Gasteiger partial charge in [-0.3, -0.25) is 15.8 Å². The Bertz CT molecular complexity index is 1460. The molecule has 4 N–H and O–H groups in total. The molecular weight excluding hydrogens is 504 g/mol. The summed E-state index contributed by atoms with van der Waals surface area (Å²) in [5.41, 5.74) is 11.5. The molecule has 4 aromatic carbocycles. The van der Waals surface area contributed by atoms with E-state index in [1.54, 1.807) is 24.5 Å². The summed E-state index contributed by atoms with van der Waals surface area (Å²) in [6.45, 7) is 0. The normalized spacial score (nSPS) is 12.4. The number of aromatic nitrogens is 1. The van der Waals surface area contributed by atoms with Crippen molar-refractivity contribution in [2.75, 3.05) is 15.5 Å². The molecule has 5 aromatic rings. The van der Waals surface area contributed by atoms with E-state index in [0.717, 1.165) is 28.4 Å². The maximum absolute atomic E-state index is 9.03. The number of pyridine rings is 1. The van der Waals surface area contributed by atoms with E-state index >= 15 is 0 Å². The Morgan fingerprint density at radius 2 is 0.732 bits per heavy atom. The lowest BCUT2D eigenvalue weighted by molar-refractivity contribution is 1.18. The second kappa shape index (κ2) is 12.9. The summed E-state index contributed by atoms with van der Waals surface area (Å²) in [5.74, 6) is 0. The molecule has 0 fully saturated rings. The maximum atomic E-state index is 9.03. The second-order valence-electron chi connectivity index (χ2n) is 9.15. The van der Waals surface area contributed by atoms with E-state index in [0.29, 0.717) is 11.4 Å². The molecule has 0 saturated carbocycles. The van der Waals surface area contributed by atoms with Crippen molar-refractivity contribution in [3.8, 4) is 0 Å². The van der Waals surface area contributed by atoms with Gasteiger partial charge in [0.2, 0.25) is 0 Å². The van der Waals surface area contributed by atoms with Crippen LogP contribution in [0.1, 0.15) is 0 Å². The number of allylic oxidation sites excluding steroid dienone is 4. The first-order chi connectivity index (χ1) is 20.1. The fourth-order valence-corrected chi connectivity index (χ4v) is 4.48. The lowest BCUT2D eigenvalue weighted by Gasteiger charge is -2.34. The summed E-state index contributed by atoms with van der Waals surface area (Å²) in [7, 11) is 0. The Labute approximate surface area is 240 Å². The predicted octanol–water partition coefficient (Wildman–Crippen LogP) is 8.15. The number of rotatable bonds is 6. The molecule has 1 aliphatic carbocycles. The Kier molecular flexibility index (Phi) is 8.42. The lowest BCUT2D eigenvalue weighted by Crippen LogP contribution is -2.35. The van der Waals surface area contributed by atoms with E-state index in [4.69, 9.17) is 16.6 Å². The van der Waals surface area contributed by atoms with Crippen LogP contribution in [0.5, 0.6) is 0 Å². The minimum atomic E-state index is 0.169. The van der Waals surface area contributed by atoms with E-state index in [-0.39, 0.29) is 11.4 Å². The van der Waals surface area contributed by atoms with Crippen LogP contribution in [0, 0.1) is 10.8 Å². The van der Waals surface area contributed by atoms with Gasteiger partial charge in [0, 0.05) is 40.8 Å². The van der Waals surface area contributed by atoms with Gasteiger partial charge < -0.3 is 15.5 Å². The zero-order valence-corrected chi connectivity index (χ0v) is 22.4. The highest BCUT2D eigenvalue weighted by atomic mass is 15.2. The van der Waals surface area contributed by atoms with E-state index < -0.39 is 0 Å². The molecule has 1 aromatic heterocycles. The van der Waals surface area contributed by atoms with Gasteiger partial charge in [-0.05, 0) is 72.8 Å². The minimum Gasteiger partial charge on any atom is -0.399 e. The first kappa shape index (κ1) is 26.8. The lowest BCUT2D eigenvalue weighted by atomic mass is 9.98. The first-order valence-electron chi connectivity index (χ1n) is 13.2. The zero-order chi connectivity index (χ0) is 28.4. The predicted molar refractivity (Wildman–Crippen MR) is 170 cm³/mol. The molecule has 6 heteroatoms. The monoisotopic (exact) mass is 534 g/mol. The molecule has 0 atom stereocenters. The number of hydrogen-bond acceptors (Lipinski definition) is 6. The molecule has 0 aliphatic heterocycles. The number of benzene rings is 4. The van der Waals surface area contributed by atoms with Crippen LogP contribution in [0.4, 0.5) is 28.4 Å². The topological polar surface area (TPSA) is 93.1 Å². The van der Waals surface area contributed by atoms with Gasteiger partial charge in [-0.2, -0.15) is 0 Å². The molecule has 0 spiro atoms. The standard InChI is InChI=1S/C30H24N4.C5H6N2/c31-29-27(33(23-13-5-1-6-14-23)24-15-7-2-8-16-24)21-22-28(30(29)32)34(25-17-9-3-10-18-25)26-19-11-4-12-20-26;6-5-1-3-7-4-2-5/h1-22,31-32H;1-4H,(H2,6,7). The quantitative estimate of drug-likeness (QED) is 0.192. The third-order valence-electron chi connectivity index (χ3n) is 6.41.